The highest BCUT2D eigenvalue weighted by atomic mass is 16.4. The molecule has 2 aliphatic rings. The molecule has 4 nitrogen and oxygen atoms in total. The smallest absolute Gasteiger partial charge is 0.407 e. The predicted molar refractivity (Wildman–Crippen MR) is 68.7 cm³/mol. The fourth-order valence-electron chi connectivity index (χ4n) is 2.66. The summed E-state index contributed by atoms with van der Waals surface area (Å²) in [5.41, 5.74) is 1.41. The summed E-state index contributed by atoms with van der Waals surface area (Å²) in [4.78, 5) is 12.1. The molecule has 1 aliphatic carbocycles. The third kappa shape index (κ3) is 2.34. The van der Waals surface area contributed by atoms with Crippen LogP contribution in [-0.2, 0) is 0 Å². The third-order valence-corrected chi connectivity index (χ3v) is 3.91. The number of hydrogen-bond donors (Lipinski definition) is 2. The zero-order chi connectivity index (χ0) is 12.5. The molecule has 0 radical (unpaired) electrons. The van der Waals surface area contributed by atoms with Gasteiger partial charge in [-0.15, -0.1) is 0 Å². The number of nitrogens with one attached hydrogen (secondary N) is 1. The quantitative estimate of drug-likeness (QED) is 0.851. The van der Waals surface area contributed by atoms with Gasteiger partial charge in [0, 0.05) is 37.5 Å². The largest absolute Gasteiger partial charge is 0.465 e. The van der Waals surface area contributed by atoms with E-state index < -0.39 is 6.09 Å². The lowest BCUT2D eigenvalue weighted by atomic mass is 10.0. The topological polar surface area (TPSA) is 52.6 Å². The summed E-state index contributed by atoms with van der Waals surface area (Å²) in [6.07, 6.45) is 0.416. The zero-order valence-electron chi connectivity index (χ0n) is 10.2. The molecule has 0 aromatic heterocycles. The van der Waals surface area contributed by atoms with Gasteiger partial charge in [-0.2, -0.15) is 0 Å². The lowest BCUT2D eigenvalue weighted by molar-refractivity contribution is 0.0814. The molecule has 2 N–H and O–H groups in total. The molecule has 2 atom stereocenters. The number of amides is 1. The van der Waals surface area contributed by atoms with Crippen LogP contribution in [0, 0.1) is 5.92 Å². The Labute approximate surface area is 107 Å². The average Bonchev–Trinajstić information content (AvgIpc) is 3.07. The Morgan fingerprint density at radius 1 is 1.33 bits per heavy atom. The molecule has 0 unspecified atom stereocenters. The van der Waals surface area contributed by atoms with Gasteiger partial charge in [-0.1, -0.05) is 30.3 Å². The molecule has 1 saturated carbocycles. The average molecular weight is 246 g/mol. The fraction of sp³-hybridized carbons (Fsp3) is 0.500. The Kier molecular flexibility index (Phi) is 2.96. The van der Waals surface area contributed by atoms with Crippen molar-refractivity contribution < 1.29 is 9.90 Å². The van der Waals surface area contributed by atoms with Gasteiger partial charge in [-0.05, 0) is 12.0 Å². The van der Waals surface area contributed by atoms with Gasteiger partial charge in [0.1, 0.15) is 0 Å². The number of likely N-dealkylation sites (tertiary alicyclic amines) is 1. The molecule has 96 valence electrons. The van der Waals surface area contributed by atoms with Crippen molar-refractivity contribution in [3.8, 4) is 0 Å². The van der Waals surface area contributed by atoms with E-state index in [-0.39, 0.29) is 0 Å². The van der Waals surface area contributed by atoms with E-state index >= 15 is 0 Å². The standard InChI is InChI=1S/C14H18N2O2/c17-14(18)16-8-10(9-16)7-15-13-6-12(13)11-4-2-1-3-5-11/h1-5,10,12-13,15H,6-9H2,(H,17,18)/t12-,13+/m0/s1. The Hall–Kier alpha value is -1.55. The van der Waals surface area contributed by atoms with Crippen LogP contribution in [0.5, 0.6) is 0 Å². The molecule has 2 fully saturated rings. The molecular weight excluding hydrogens is 228 g/mol. The minimum absolute atomic E-state index is 0.498. The first-order chi connectivity index (χ1) is 8.74. The first kappa shape index (κ1) is 11.5. The summed E-state index contributed by atoms with van der Waals surface area (Å²) in [6.45, 7) is 2.31. The monoisotopic (exact) mass is 246 g/mol. The van der Waals surface area contributed by atoms with Crippen LogP contribution in [0.25, 0.3) is 0 Å². The van der Waals surface area contributed by atoms with Crippen molar-refractivity contribution in [2.24, 2.45) is 5.92 Å². The van der Waals surface area contributed by atoms with Crippen molar-refractivity contribution in [2.75, 3.05) is 19.6 Å². The van der Waals surface area contributed by atoms with Crippen LogP contribution >= 0.6 is 0 Å². The second-order valence-corrected chi connectivity index (χ2v) is 5.32. The van der Waals surface area contributed by atoms with Crippen LogP contribution in [-0.4, -0.2) is 41.8 Å². The van der Waals surface area contributed by atoms with Gasteiger partial charge >= 0.3 is 6.09 Å². The number of benzene rings is 1. The Balaban J connectivity index is 1.38. The molecule has 3 rings (SSSR count). The Morgan fingerprint density at radius 3 is 2.72 bits per heavy atom. The van der Waals surface area contributed by atoms with E-state index in [0.717, 1.165) is 6.54 Å². The van der Waals surface area contributed by atoms with Crippen molar-refractivity contribution >= 4 is 6.09 Å². The summed E-state index contributed by atoms with van der Waals surface area (Å²) in [6, 6.07) is 11.2. The highest BCUT2D eigenvalue weighted by Crippen LogP contribution is 2.40. The minimum Gasteiger partial charge on any atom is -0.465 e. The Bertz CT molecular complexity index is 429. The summed E-state index contributed by atoms with van der Waals surface area (Å²) in [5, 5.41) is 12.3. The first-order valence-corrected chi connectivity index (χ1v) is 6.50. The van der Waals surface area contributed by atoms with Gasteiger partial charge < -0.3 is 15.3 Å². The van der Waals surface area contributed by atoms with Crippen LogP contribution in [0.15, 0.2) is 30.3 Å². The van der Waals surface area contributed by atoms with Gasteiger partial charge in [0.15, 0.2) is 0 Å². The summed E-state index contributed by atoms with van der Waals surface area (Å²) in [7, 11) is 0. The second kappa shape index (κ2) is 4.61. The van der Waals surface area contributed by atoms with Crippen LogP contribution in [0.3, 0.4) is 0 Å². The summed E-state index contributed by atoms with van der Waals surface area (Å²) >= 11 is 0. The van der Waals surface area contributed by atoms with E-state index in [1.165, 1.54) is 16.9 Å². The molecule has 1 aromatic carbocycles. The van der Waals surface area contributed by atoms with Crippen molar-refractivity contribution in [1.29, 1.82) is 0 Å². The van der Waals surface area contributed by atoms with Crippen LogP contribution in [0.4, 0.5) is 4.79 Å². The van der Waals surface area contributed by atoms with Gasteiger partial charge in [-0.25, -0.2) is 4.79 Å². The predicted octanol–water partition coefficient (Wildman–Crippen LogP) is 1.74. The van der Waals surface area contributed by atoms with E-state index in [1.54, 1.807) is 0 Å². The van der Waals surface area contributed by atoms with E-state index in [0.29, 0.717) is 31.0 Å². The van der Waals surface area contributed by atoms with E-state index in [9.17, 15) is 4.79 Å². The molecule has 1 aromatic rings. The maximum Gasteiger partial charge on any atom is 0.407 e. The third-order valence-electron chi connectivity index (χ3n) is 3.91. The van der Waals surface area contributed by atoms with E-state index in [1.807, 2.05) is 6.07 Å². The maximum atomic E-state index is 10.6. The molecule has 0 spiro atoms. The number of rotatable bonds is 4. The molecule has 1 amide bonds. The van der Waals surface area contributed by atoms with Crippen molar-refractivity contribution in [2.45, 2.75) is 18.4 Å². The molecule has 4 heteroatoms. The number of hydrogen-bond acceptors (Lipinski definition) is 2. The number of carbonyl (C=O) groups is 1. The minimum atomic E-state index is -0.792. The van der Waals surface area contributed by atoms with Gasteiger partial charge in [-0.3, -0.25) is 0 Å². The Morgan fingerprint density at radius 2 is 2.06 bits per heavy atom. The zero-order valence-corrected chi connectivity index (χ0v) is 10.2. The van der Waals surface area contributed by atoms with Gasteiger partial charge in [0.25, 0.3) is 0 Å². The molecule has 0 bridgehead atoms. The second-order valence-electron chi connectivity index (χ2n) is 5.32. The highest BCUT2D eigenvalue weighted by molar-refractivity contribution is 5.66. The van der Waals surface area contributed by atoms with Crippen molar-refractivity contribution in [3.63, 3.8) is 0 Å². The van der Waals surface area contributed by atoms with Crippen molar-refractivity contribution in [1.82, 2.24) is 10.2 Å². The van der Waals surface area contributed by atoms with Crippen LogP contribution < -0.4 is 5.32 Å². The number of nitrogens with zero attached hydrogens (tertiary/aromatic N) is 1. The SMILES string of the molecule is O=C(O)N1CC(CN[C@@H]2C[C@H]2c2ccccc2)C1. The molecule has 18 heavy (non-hydrogen) atoms. The normalized spacial score (nSPS) is 26.8. The number of carboxylic acid groups (broad SMARTS) is 1. The lowest BCUT2D eigenvalue weighted by Gasteiger charge is -2.37. The van der Waals surface area contributed by atoms with E-state index in [2.05, 4.69) is 29.6 Å². The first-order valence-electron chi connectivity index (χ1n) is 6.50. The van der Waals surface area contributed by atoms with Gasteiger partial charge in [0.05, 0.1) is 0 Å². The highest BCUT2D eigenvalue weighted by Gasteiger charge is 2.39. The fourth-order valence-corrected chi connectivity index (χ4v) is 2.66. The molecule has 1 heterocycles. The molecule has 1 saturated heterocycles. The summed E-state index contributed by atoms with van der Waals surface area (Å²) < 4.78 is 0. The molecule has 1 aliphatic heterocycles. The lowest BCUT2D eigenvalue weighted by Crippen LogP contribution is -2.53. The van der Waals surface area contributed by atoms with Crippen molar-refractivity contribution in [3.05, 3.63) is 35.9 Å². The van der Waals surface area contributed by atoms with Gasteiger partial charge in [0.2, 0.25) is 0 Å². The van der Waals surface area contributed by atoms with Crippen LogP contribution in [0.2, 0.25) is 0 Å². The summed E-state index contributed by atoms with van der Waals surface area (Å²) in [5.74, 6) is 1.15. The van der Waals surface area contributed by atoms with E-state index in [4.69, 9.17) is 5.11 Å². The van der Waals surface area contributed by atoms with Crippen LogP contribution in [0.1, 0.15) is 17.9 Å². The maximum absolute atomic E-state index is 10.6. The molecular formula is C14H18N2O2.